The molecule has 0 fully saturated rings. The Morgan fingerprint density at radius 1 is 0.286 bits per heavy atom. The minimum Gasteiger partial charge on any atom is -0.456 e. The summed E-state index contributed by atoms with van der Waals surface area (Å²) >= 11 is 0. The standard InChI is InChI=1S/C48H28O/c1-3-13-30(14-4-1)43-35-18-9-10-19-36(35)44(31-15-5-2-6-16-31)48-40-28-42-46(38-20-11-21-39(45(38)40)47(43)48)37-25-24-34(27-41(37)49-42)33-23-22-29-12-7-8-17-32(29)26-33/h1-28H. The van der Waals surface area contributed by atoms with Crippen LogP contribution in [0.2, 0.25) is 0 Å². The van der Waals surface area contributed by atoms with Gasteiger partial charge < -0.3 is 4.42 Å². The lowest BCUT2D eigenvalue weighted by molar-refractivity contribution is 0.669. The van der Waals surface area contributed by atoms with Gasteiger partial charge in [-0.25, -0.2) is 0 Å². The summed E-state index contributed by atoms with van der Waals surface area (Å²) in [5, 5.41) is 9.89. The summed E-state index contributed by atoms with van der Waals surface area (Å²) < 4.78 is 6.84. The van der Waals surface area contributed by atoms with E-state index in [-0.39, 0.29) is 0 Å². The van der Waals surface area contributed by atoms with Crippen LogP contribution in [0.5, 0.6) is 0 Å². The van der Waals surface area contributed by atoms with Crippen molar-refractivity contribution in [3.05, 3.63) is 170 Å². The molecule has 1 nitrogen and oxygen atoms in total. The Labute approximate surface area is 283 Å². The molecule has 0 spiro atoms. The fraction of sp³-hybridized carbons (Fsp3) is 0. The monoisotopic (exact) mass is 620 g/mol. The van der Waals surface area contributed by atoms with Crippen molar-refractivity contribution < 1.29 is 4.42 Å². The number of furan rings is 1. The second-order valence-electron chi connectivity index (χ2n) is 13.2. The van der Waals surface area contributed by atoms with E-state index in [1.165, 1.54) is 87.8 Å². The predicted octanol–water partition coefficient (Wildman–Crippen LogP) is 13.7. The summed E-state index contributed by atoms with van der Waals surface area (Å²) in [6.45, 7) is 0. The van der Waals surface area contributed by atoms with Gasteiger partial charge in [0.15, 0.2) is 0 Å². The zero-order valence-corrected chi connectivity index (χ0v) is 26.6. The second-order valence-corrected chi connectivity index (χ2v) is 13.2. The van der Waals surface area contributed by atoms with Gasteiger partial charge in [0.25, 0.3) is 0 Å². The van der Waals surface area contributed by atoms with E-state index in [9.17, 15) is 0 Å². The molecule has 9 aromatic carbocycles. The van der Waals surface area contributed by atoms with Crippen molar-refractivity contribution >= 4 is 54.3 Å². The molecule has 0 amide bonds. The molecule has 11 rings (SSSR count). The molecular formula is C48H28O. The van der Waals surface area contributed by atoms with Gasteiger partial charge in [-0.3, -0.25) is 0 Å². The number of hydrogen-bond donors (Lipinski definition) is 0. The van der Waals surface area contributed by atoms with E-state index in [0.717, 1.165) is 22.1 Å². The SMILES string of the molecule is c1ccc(-c2c3c(c(-c4ccccc4)c4ccccc24)-c2cc4oc5cc(-c6ccc7ccccc7c6)ccc5c4c4cccc-3c24)cc1. The first-order valence-electron chi connectivity index (χ1n) is 16.9. The Bertz CT molecular complexity index is 2970. The summed E-state index contributed by atoms with van der Waals surface area (Å²) in [7, 11) is 0. The van der Waals surface area contributed by atoms with E-state index in [2.05, 4.69) is 170 Å². The van der Waals surface area contributed by atoms with E-state index in [1.807, 2.05) is 0 Å². The first-order chi connectivity index (χ1) is 24.3. The van der Waals surface area contributed by atoms with Crippen LogP contribution >= 0.6 is 0 Å². The lowest BCUT2D eigenvalue weighted by Crippen LogP contribution is -1.93. The van der Waals surface area contributed by atoms with E-state index < -0.39 is 0 Å². The molecule has 1 heteroatoms. The molecule has 0 radical (unpaired) electrons. The molecule has 1 aliphatic rings. The van der Waals surface area contributed by atoms with Crippen LogP contribution in [0.25, 0.3) is 110 Å². The number of fused-ring (bicyclic) bond motifs is 9. The molecule has 0 saturated carbocycles. The first kappa shape index (κ1) is 26.6. The van der Waals surface area contributed by atoms with Crippen molar-refractivity contribution in [3.63, 3.8) is 0 Å². The molecule has 226 valence electrons. The fourth-order valence-electron chi connectivity index (χ4n) is 8.49. The maximum absolute atomic E-state index is 6.84. The molecule has 0 N–H and O–H groups in total. The zero-order chi connectivity index (χ0) is 32.1. The van der Waals surface area contributed by atoms with Gasteiger partial charge in [-0.15, -0.1) is 0 Å². The molecule has 1 aromatic heterocycles. The Kier molecular flexibility index (Phi) is 5.45. The molecule has 10 aromatic rings. The number of hydrogen-bond acceptors (Lipinski definition) is 1. The molecule has 0 aliphatic heterocycles. The van der Waals surface area contributed by atoms with E-state index in [4.69, 9.17) is 4.42 Å². The maximum atomic E-state index is 6.84. The average molecular weight is 621 g/mol. The molecular weight excluding hydrogens is 593 g/mol. The molecule has 49 heavy (non-hydrogen) atoms. The average Bonchev–Trinajstić information content (AvgIpc) is 3.70. The van der Waals surface area contributed by atoms with Crippen LogP contribution in [0.4, 0.5) is 0 Å². The smallest absolute Gasteiger partial charge is 0.136 e. The largest absolute Gasteiger partial charge is 0.456 e. The third-order valence-electron chi connectivity index (χ3n) is 10.6. The van der Waals surface area contributed by atoms with Crippen molar-refractivity contribution in [2.45, 2.75) is 0 Å². The van der Waals surface area contributed by atoms with Gasteiger partial charge in [-0.2, -0.15) is 0 Å². The molecule has 0 saturated heterocycles. The highest BCUT2D eigenvalue weighted by atomic mass is 16.3. The number of rotatable bonds is 3. The summed E-state index contributed by atoms with van der Waals surface area (Å²) in [5.74, 6) is 0. The van der Waals surface area contributed by atoms with Crippen molar-refractivity contribution in [1.29, 1.82) is 0 Å². The summed E-state index contributed by atoms with van der Waals surface area (Å²) in [4.78, 5) is 0. The van der Waals surface area contributed by atoms with Crippen LogP contribution in [-0.2, 0) is 0 Å². The van der Waals surface area contributed by atoms with Crippen LogP contribution in [0.15, 0.2) is 174 Å². The third-order valence-corrected chi connectivity index (χ3v) is 10.6. The highest BCUT2D eigenvalue weighted by molar-refractivity contribution is 6.33. The summed E-state index contributed by atoms with van der Waals surface area (Å²) in [6.07, 6.45) is 0. The van der Waals surface area contributed by atoms with Gasteiger partial charge in [-0.05, 0) is 112 Å². The molecule has 0 unspecified atom stereocenters. The minimum absolute atomic E-state index is 0.914. The summed E-state index contributed by atoms with van der Waals surface area (Å²) in [6, 6.07) is 61.8. The van der Waals surface area contributed by atoms with Crippen LogP contribution in [0.1, 0.15) is 0 Å². The van der Waals surface area contributed by atoms with E-state index in [0.29, 0.717) is 0 Å². The zero-order valence-electron chi connectivity index (χ0n) is 26.6. The molecule has 1 heterocycles. The highest BCUT2D eigenvalue weighted by Crippen LogP contribution is 2.59. The van der Waals surface area contributed by atoms with Crippen molar-refractivity contribution in [3.8, 4) is 55.6 Å². The van der Waals surface area contributed by atoms with Gasteiger partial charge >= 0.3 is 0 Å². The lowest BCUT2D eigenvalue weighted by atomic mass is 9.82. The fourth-order valence-corrected chi connectivity index (χ4v) is 8.49. The third kappa shape index (κ3) is 3.76. The van der Waals surface area contributed by atoms with Crippen LogP contribution in [0, 0.1) is 0 Å². The molecule has 0 atom stereocenters. The Hall–Kier alpha value is -6.44. The van der Waals surface area contributed by atoms with Crippen molar-refractivity contribution in [1.82, 2.24) is 0 Å². The molecule has 1 aliphatic carbocycles. The maximum Gasteiger partial charge on any atom is 0.136 e. The van der Waals surface area contributed by atoms with Crippen LogP contribution in [-0.4, -0.2) is 0 Å². The number of benzene rings is 9. The van der Waals surface area contributed by atoms with E-state index in [1.54, 1.807) is 0 Å². The van der Waals surface area contributed by atoms with Crippen LogP contribution < -0.4 is 0 Å². The second kappa shape index (κ2) is 10.0. The van der Waals surface area contributed by atoms with Gasteiger partial charge in [-0.1, -0.05) is 146 Å². The van der Waals surface area contributed by atoms with Crippen LogP contribution in [0.3, 0.4) is 0 Å². The van der Waals surface area contributed by atoms with Crippen molar-refractivity contribution in [2.75, 3.05) is 0 Å². The topological polar surface area (TPSA) is 13.1 Å². The van der Waals surface area contributed by atoms with Gasteiger partial charge in [0, 0.05) is 10.8 Å². The Balaban J connectivity index is 1.24. The quantitative estimate of drug-likeness (QED) is 0.192. The Morgan fingerprint density at radius 2 is 0.878 bits per heavy atom. The van der Waals surface area contributed by atoms with Gasteiger partial charge in [0.2, 0.25) is 0 Å². The van der Waals surface area contributed by atoms with Crippen molar-refractivity contribution in [2.24, 2.45) is 0 Å². The molecule has 0 bridgehead atoms. The first-order valence-corrected chi connectivity index (χ1v) is 16.9. The van der Waals surface area contributed by atoms with Gasteiger partial charge in [0.05, 0.1) is 0 Å². The minimum atomic E-state index is 0.914. The van der Waals surface area contributed by atoms with Gasteiger partial charge in [0.1, 0.15) is 11.2 Å². The van der Waals surface area contributed by atoms with E-state index >= 15 is 0 Å². The normalized spacial score (nSPS) is 12.1. The lowest BCUT2D eigenvalue weighted by Gasteiger charge is -2.20. The Morgan fingerprint density at radius 3 is 1.61 bits per heavy atom. The summed E-state index contributed by atoms with van der Waals surface area (Å²) in [5.41, 5.74) is 14.3. The highest BCUT2D eigenvalue weighted by Gasteiger charge is 2.32. The predicted molar refractivity (Wildman–Crippen MR) is 207 cm³/mol.